The highest BCUT2D eigenvalue weighted by Crippen LogP contribution is 2.16. The first-order chi connectivity index (χ1) is 17.8. The Hall–Kier alpha value is -0.820. The molecule has 1 aromatic rings. The van der Waals surface area contributed by atoms with Crippen LogP contribution in [0.4, 0.5) is 0 Å². The third kappa shape index (κ3) is 23.6. The predicted octanol–water partition coefficient (Wildman–Crippen LogP) is 11.8. The standard InChI is InChI=1S/C35H64O/c1-2-3-4-5-6-7-8-9-10-11-12-13-14-15-16-17-18-19-20-21-22-23-24-25-29-32-35(36)33-34-30-27-26-28-31-34/h26-28,30-31,35-36H,2-25,29,32-33H2,1H3. The summed E-state index contributed by atoms with van der Waals surface area (Å²) in [5.74, 6) is 0. The molecule has 1 unspecified atom stereocenters. The lowest BCUT2D eigenvalue weighted by Crippen LogP contribution is -2.10. The summed E-state index contributed by atoms with van der Waals surface area (Å²) in [7, 11) is 0. The van der Waals surface area contributed by atoms with Gasteiger partial charge in [-0.3, -0.25) is 0 Å². The fraction of sp³-hybridized carbons (Fsp3) is 0.829. The number of aliphatic hydroxyl groups is 1. The van der Waals surface area contributed by atoms with Gasteiger partial charge in [0.2, 0.25) is 0 Å². The maximum absolute atomic E-state index is 10.2. The Morgan fingerprint density at radius 2 is 0.750 bits per heavy atom. The number of benzene rings is 1. The van der Waals surface area contributed by atoms with Gasteiger partial charge in [0.15, 0.2) is 0 Å². The minimum Gasteiger partial charge on any atom is -0.393 e. The van der Waals surface area contributed by atoms with Gasteiger partial charge in [0, 0.05) is 0 Å². The van der Waals surface area contributed by atoms with Crippen LogP contribution in [-0.4, -0.2) is 11.2 Å². The maximum atomic E-state index is 10.2. The third-order valence-corrected chi connectivity index (χ3v) is 7.96. The predicted molar refractivity (Wildman–Crippen MR) is 162 cm³/mol. The van der Waals surface area contributed by atoms with Gasteiger partial charge in [-0.1, -0.05) is 198 Å². The molecule has 1 aromatic carbocycles. The van der Waals surface area contributed by atoms with Crippen LogP contribution >= 0.6 is 0 Å². The van der Waals surface area contributed by atoms with Crippen molar-refractivity contribution < 1.29 is 5.11 Å². The summed E-state index contributed by atoms with van der Waals surface area (Å²) in [4.78, 5) is 0. The monoisotopic (exact) mass is 500 g/mol. The van der Waals surface area contributed by atoms with E-state index in [9.17, 15) is 5.11 Å². The molecule has 0 spiro atoms. The molecule has 0 aromatic heterocycles. The number of hydrogen-bond donors (Lipinski definition) is 1. The average Bonchev–Trinajstić information content (AvgIpc) is 2.89. The zero-order chi connectivity index (χ0) is 25.8. The summed E-state index contributed by atoms with van der Waals surface area (Å²) >= 11 is 0. The fourth-order valence-corrected chi connectivity index (χ4v) is 5.51. The Morgan fingerprint density at radius 1 is 0.444 bits per heavy atom. The second-order valence-electron chi connectivity index (χ2n) is 11.6. The van der Waals surface area contributed by atoms with E-state index in [1.807, 2.05) is 6.07 Å². The summed E-state index contributed by atoms with van der Waals surface area (Å²) in [6.07, 6.45) is 37.4. The number of rotatable bonds is 28. The van der Waals surface area contributed by atoms with Crippen LogP contribution in [0.2, 0.25) is 0 Å². The van der Waals surface area contributed by atoms with Crippen LogP contribution in [0.1, 0.15) is 179 Å². The van der Waals surface area contributed by atoms with Crippen LogP contribution in [0, 0.1) is 0 Å². The quantitative estimate of drug-likeness (QED) is 0.113. The van der Waals surface area contributed by atoms with Gasteiger partial charge in [-0.15, -0.1) is 0 Å². The van der Waals surface area contributed by atoms with Crippen LogP contribution < -0.4 is 0 Å². The summed E-state index contributed by atoms with van der Waals surface area (Å²) in [5.41, 5.74) is 1.25. The molecule has 1 nitrogen and oxygen atoms in total. The van der Waals surface area contributed by atoms with Gasteiger partial charge < -0.3 is 5.11 Å². The van der Waals surface area contributed by atoms with Crippen molar-refractivity contribution in [3.05, 3.63) is 35.9 Å². The lowest BCUT2D eigenvalue weighted by atomic mass is 10.0. The summed E-state index contributed by atoms with van der Waals surface area (Å²) in [5, 5.41) is 10.2. The van der Waals surface area contributed by atoms with Gasteiger partial charge in [-0.2, -0.15) is 0 Å². The average molecular weight is 501 g/mol. The van der Waals surface area contributed by atoms with E-state index in [2.05, 4.69) is 31.2 Å². The van der Waals surface area contributed by atoms with Crippen molar-refractivity contribution in [3.63, 3.8) is 0 Å². The largest absolute Gasteiger partial charge is 0.393 e. The maximum Gasteiger partial charge on any atom is 0.0580 e. The summed E-state index contributed by atoms with van der Waals surface area (Å²) in [6, 6.07) is 10.4. The Labute approximate surface area is 227 Å². The molecule has 1 heteroatoms. The van der Waals surface area contributed by atoms with Crippen LogP contribution in [0.15, 0.2) is 30.3 Å². The van der Waals surface area contributed by atoms with Crippen molar-refractivity contribution in [2.75, 3.05) is 0 Å². The van der Waals surface area contributed by atoms with Gasteiger partial charge in [0.1, 0.15) is 0 Å². The lowest BCUT2D eigenvalue weighted by Gasteiger charge is -2.10. The molecule has 0 radical (unpaired) electrons. The lowest BCUT2D eigenvalue weighted by molar-refractivity contribution is 0.161. The Kier molecular flexibility index (Phi) is 25.1. The normalized spacial score (nSPS) is 12.3. The van der Waals surface area contributed by atoms with E-state index in [-0.39, 0.29) is 6.10 Å². The topological polar surface area (TPSA) is 20.2 Å². The van der Waals surface area contributed by atoms with Crippen molar-refractivity contribution in [3.8, 4) is 0 Å². The van der Waals surface area contributed by atoms with E-state index in [4.69, 9.17) is 0 Å². The highest BCUT2D eigenvalue weighted by Gasteiger charge is 2.05. The molecule has 36 heavy (non-hydrogen) atoms. The Bertz CT molecular complexity index is 525. The van der Waals surface area contributed by atoms with Crippen LogP contribution in [0.25, 0.3) is 0 Å². The third-order valence-electron chi connectivity index (χ3n) is 7.96. The molecular weight excluding hydrogens is 436 g/mol. The van der Waals surface area contributed by atoms with E-state index in [1.165, 1.54) is 166 Å². The van der Waals surface area contributed by atoms with E-state index in [0.717, 1.165) is 12.8 Å². The van der Waals surface area contributed by atoms with Gasteiger partial charge in [0.25, 0.3) is 0 Å². The van der Waals surface area contributed by atoms with Gasteiger partial charge in [0.05, 0.1) is 6.10 Å². The van der Waals surface area contributed by atoms with Crippen molar-refractivity contribution >= 4 is 0 Å². The molecule has 0 aliphatic carbocycles. The van der Waals surface area contributed by atoms with Crippen molar-refractivity contribution in [1.29, 1.82) is 0 Å². The molecular formula is C35H64O. The molecule has 210 valence electrons. The molecule has 0 aliphatic rings. The van der Waals surface area contributed by atoms with Gasteiger partial charge >= 0.3 is 0 Å². The molecule has 0 fully saturated rings. The van der Waals surface area contributed by atoms with Crippen molar-refractivity contribution in [1.82, 2.24) is 0 Å². The Morgan fingerprint density at radius 3 is 1.08 bits per heavy atom. The van der Waals surface area contributed by atoms with Crippen LogP contribution in [-0.2, 0) is 6.42 Å². The molecule has 1 N–H and O–H groups in total. The van der Waals surface area contributed by atoms with Crippen molar-refractivity contribution in [2.24, 2.45) is 0 Å². The first-order valence-electron chi connectivity index (χ1n) is 16.5. The highest BCUT2D eigenvalue weighted by molar-refractivity contribution is 5.15. The number of aliphatic hydroxyl groups excluding tert-OH is 1. The number of hydrogen-bond acceptors (Lipinski definition) is 1. The van der Waals surface area contributed by atoms with Gasteiger partial charge in [-0.05, 0) is 18.4 Å². The van der Waals surface area contributed by atoms with E-state index in [1.54, 1.807) is 0 Å². The molecule has 0 bridgehead atoms. The SMILES string of the molecule is CCCCCCCCCCCCCCCCCCCCCCCCCCCC(O)Cc1ccccc1. The molecule has 0 saturated heterocycles. The smallest absolute Gasteiger partial charge is 0.0580 e. The van der Waals surface area contributed by atoms with Crippen molar-refractivity contribution in [2.45, 2.75) is 186 Å². The molecule has 0 heterocycles. The van der Waals surface area contributed by atoms with E-state index >= 15 is 0 Å². The first-order valence-corrected chi connectivity index (χ1v) is 16.5. The second-order valence-corrected chi connectivity index (χ2v) is 11.6. The van der Waals surface area contributed by atoms with Crippen LogP contribution in [0.3, 0.4) is 0 Å². The molecule has 0 aliphatic heterocycles. The highest BCUT2D eigenvalue weighted by atomic mass is 16.3. The van der Waals surface area contributed by atoms with Gasteiger partial charge in [-0.25, -0.2) is 0 Å². The summed E-state index contributed by atoms with van der Waals surface area (Å²) in [6.45, 7) is 2.30. The molecule has 1 rings (SSSR count). The minimum absolute atomic E-state index is 0.170. The minimum atomic E-state index is -0.170. The van der Waals surface area contributed by atoms with E-state index < -0.39 is 0 Å². The fourth-order valence-electron chi connectivity index (χ4n) is 5.51. The van der Waals surface area contributed by atoms with Crippen LogP contribution in [0.5, 0.6) is 0 Å². The molecule has 0 amide bonds. The zero-order valence-corrected chi connectivity index (χ0v) is 24.5. The first kappa shape index (κ1) is 33.2. The summed E-state index contributed by atoms with van der Waals surface area (Å²) < 4.78 is 0. The molecule has 1 atom stereocenters. The Balaban J connectivity index is 1.67. The van der Waals surface area contributed by atoms with E-state index in [0.29, 0.717) is 0 Å². The number of unbranched alkanes of at least 4 members (excludes halogenated alkanes) is 24. The molecule has 0 saturated carbocycles. The second kappa shape index (κ2) is 27.2. The zero-order valence-electron chi connectivity index (χ0n) is 24.5.